The van der Waals surface area contributed by atoms with Crippen molar-refractivity contribution in [3.63, 3.8) is 0 Å². The molecule has 5 rings (SSSR count). The molecule has 2 N–H and O–H groups in total. The number of amides is 1. The van der Waals surface area contributed by atoms with Crippen molar-refractivity contribution >= 4 is 28.4 Å². The monoisotopic (exact) mass is 496 g/mol. The molecule has 4 aromatic rings. The summed E-state index contributed by atoms with van der Waals surface area (Å²) in [5, 5.41) is 0.891. The molecule has 0 saturated heterocycles. The fraction of sp³-hybridized carbons (Fsp3) is 0.208. The summed E-state index contributed by atoms with van der Waals surface area (Å²) in [5.41, 5.74) is 8.09. The molecule has 1 amide bonds. The average Bonchev–Trinajstić information content (AvgIpc) is 3.37. The van der Waals surface area contributed by atoms with Gasteiger partial charge in [0, 0.05) is 29.5 Å². The average molecular weight is 496 g/mol. The molecule has 1 aliphatic rings. The summed E-state index contributed by atoms with van der Waals surface area (Å²) >= 11 is 0. The van der Waals surface area contributed by atoms with E-state index in [4.69, 9.17) is 15.2 Å². The van der Waals surface area contributed by atoms with E-state index in [9.17, 15) is 18.0 Å². The zero-order valence-corrected chi connectivity index (χ0v) is 18.9. The predicted molar refractivity (Wildman–Crippen MR) is 123 cm³/mol. The van der Waals surface area contributed by atoms with Gasteiger partial charge in [0.15, 0.2) is 5.82 Å². The molecule has 0 fully saturated rings. The quantitative estimate of drug-likeness (QED) is 0.442. The van der Waals surface area contributed by atoms with E-state index >= 15 is 0 Å². The normalized spacial score (nSPS) is 13.0. The van der Waals surface area contributed by atoms with Gasteiger partial charge in [0.2, 0.25) is 0 Å². The van der Waals surface area contributed by atoms with E-state index in [-0.39, 0.29) is 23.8 Å². The number of aromatic nitrogens is 4. The highest BCUT2D eigenvalue weighted by molar-refractivity contribution is 6.06. The highest BCUT2D eigenvalue weighted by atomic mass is 19.4. The number of nitrogens with zero attached hydrogens (tertiary/aromatic N) is 5. The molecule has 0 bridgehead atoms. The number of hydrogen-bond donors (Lipinski definition) is 1. The lowest BCUT2D eigenvalue weighted by Gasteiger charge is -2.23. The maximum Gasteiger partial charge on any atom is 0.433 e. The molecular formula is C24H19F3N6O3. The van der Waals surface area contributed by atoms with Crippen LogP contribution in [0.3, 0.4) is 0 Å². The van der Waals surface area contributed by atoms with Crippen LogP contribution in [0.5, 0.6) is 5.88 Å². The first-order valence-electron chi connectivity index (χ1n) is 10.7. The topological polar surface area (TPSA) is 116 Å². The van der Waals surface area contributed by atoms with E-state index in [1.165, 1.54) is 24.4 Å². The number of nitrogens with two attached hydrogens (primary N) is 1. The number of alkyl halides is 3. The fourth-order valence-electron chi connectivity index (χ4n) is 4.04. The summed E-state index contributed by atoms with van der Waals surface area (Å²) in [6.07, 6.45) is -0.960. The molecule has 0 radical (unpaired) electrons. The predicted octanol–water partition coefficient (Wildman–Crippen LogP) is 3.91. The number of ether oxygens (including phenoxy) is 2. The number of anilines is 2. The minimum absolute atomic E-state index is 0.0000183. The van der Waals surface area contributed by atoms with Gasteiger partial charge in [-0.1, -0.05) is 12.1 Å². The van der Waals surface area contributed by atoms with Crippen LogP contribution in [-0.4, -0.2) is 33.0 Å². The van der Waals surface area contributed by atoms with Gasteiger partial charge in [-0.15, -0.1) is 0 Å². The van der Waals surface area contributed by atoms with Crippen LogP contribution in [0.1, 0.15) is 32.7 Å². The second-order valence-corrected chi connectivity index (χ2v) is 8.01. The van der Waals surface area contributed by atoms with Gasteiger partial charge >= 0.3 is 6.18 Å². The van der Waals surface area contributed by atoms with Crippen LogP contribution in [-0.2, 0) is 30.7 Å². The highest BCUT2D eigenvalue weighted by Crippen LogP contribution is 2.33. The van der Waals surface area contributed by atoms with Gasteiger partial charge in [0.05, 0.1) is 37.9 Å². The van der Waals surface area contributed by atoms with E-state index in [0.717, 1.165) is 34.8 Å². The van der Waals surface area contributed by atoms with Crippen molar-refractivity contribution in [2.75, 3.05) is 17.7 Å². The van der Waals surface area contributed by atoms with Crippen molar-refractivity contribution in [3.05, 3.63) is 76.9 Å². The van der Waals surface area contributed by atoms with E-state index in [1.807, 2.05) is 12.1 Å². The van der Waals surface area contributed by atoms with Gasteiger partial charge in [0.1, 0.15) is 11.5 Å². The molecule has 12 heteroatoms. The third-order valence-electron chi connectivity index (χ3n) is 5.78. The van der Waals surface area contributed by atoms with Crippen LogP contribution in [0.4, 0.5) is 24.8 Å². The number of carbonyl (C=O) groups excluding carboxylic acids is 1. The second-order valence-electron chi connectivity index (χ2n) is 8.01. The number of halogens is 3. The molecule has 36 heavy (non-hydrogen) atoms. The number of rotatable bonds is 5. The molecule has 0 spiro atoms. The molecule has 0 aliphatic carbocycles. The van der Waals surface area contributed by atoms with Gasteiger partial charge in [-0.3, -0.25) is 14.7 Å². The highest BCUT2D eigenvalue weighted by Gasteiger charge is 2.33. The Morgan fingerprint density at radius 3 is 2.61 bits per heavy atom. The van der Waals surface area contributed by atoms with E-state index < -0.39 is 17.8 Å². The van der Waals surface area contributed by atoms with Crippen LogP contribution >= 0.6 is 0 Å². The van der Waals surface area contributed by atoms with Crippen molar-refractivity contribution in [1.29, 1.82) is 0 Å². The summed E-state index contributed by atoms with van der Waals surface area (Å²) in [5.74, 6) is -0.0832. The van der Waals surface area contributed by atoms with Crippen LogP contribution < -0.4 is 15.4 Å². The molecule has 9 nitrogen and oxygen atoms in total. The smallest absolute Gasteiger partial charge is 0.433 e. The van der Waals surface area contributed by atoms with Crippen molar-refractivity contribution < 1.29 is 27.4 Å². The largest absolute Gasteiger partial charge is 0.478 e. The Balaban J connectivity index is 1.55. The minimum Gasteiger partial charge on any atom is -0.478 e. The van der Waals surface area contributed by atoms with E-state index in [2.05, 4.69) is 19.9 Å². The fourth-order valence-corrected chi connectivity index (χ4v) is 4.04. The Morgan fingerprint density at radius 2 is 1.89 bits per heavy atom. The Hall–Kier alpha value is -4.32. The summed E-state index contributed by atoms with van der Waals surface area (Å²) in [6.45, 7) is 0.835. The van der Waals surface area contributed by atoms with Crippen molar-refractivity contribution in [2.45, 2.75) is 25.9 Å². The molecular weight excluding hydrogens is 477 g/mol. The number of carbonyl (C=O) groups is 1. The van der Waals surface area contributed by atoms with Crippen LogP contribution in [0.2, 0.25) is 0 Å². The second kappa shape index (κ2) is 9.04. The van der Waals surface area contributed by atoms with Crippen LogP contribution in [0, 0.1) is 0 Å². The van der Waals surface area contributed by atoms with Crippen LogP contribution in [0.25, 0.3) is 10.9 Å². The van der Waals surface area contributed by atoms with Gasteiger partial charge in [-0.05, 0) is 29.3 Å². The number of nitrogen functional groups attached to an aromatic ring is 1. The number of benzene rings is 1. The van der Waals surface area contributed by atoms with E-state index in [1.54, 1.807) is 6.07 Å². The number of pyridine rings is 2. The zero-order valence-electron chi connectivity index (χ0n) is 18.9. The van der Waals surface area contributed by atoms with Gasteiger partial charge in [-0.2, -0.15) is 13.2 Å². The van der Waals surface area contributed by atoms with Gasteiger partial charge < -0.3 is 15.2 Å². The maximum absolute atomic E-state index is 13.5. The molecule has 0 saturated carbocycles. The van der Waals surface area contributed by atoms with Gasteiger partial charge in [0.25, 0.3) is 11.8 Å². The lowest BCUT2D eigenvalue weighted by molar-refractivity contribution is -0.141. The lowest BCUT2D eigenvalue weighted by atomic mass is 10.0. The Kier molecular flexibility index (Phi) is 5.88. The number of hydrogen-bond acceptors (Lipinski definition) is 8. The Morgan fingerprint density at radius 1 is 1.11 bits per heavy atom. The molecule has 3 aromatic heterocycles. The third-order valence-corrected chi connectivity index (χ3v) is 5.78. The Bertz CT molecular complexity index is 1460. The summed E-state index contributed by atoms with van der Waals surface area (Å²) in [6, 6.07) is 7.32. The lowest BCUT2D eigenvalue weighted by Crippen LogP contribution is -2.32. The van der Waals surface area contributed by atoms with Crippen molar-refractivity contribution in [2.24, 2.45) is 0 Å². The molecule has 184 valence electrons. The Labute approximate surface area is 202 Å². The summed E-state index contributed by atoms with van der Waals surface area (Å²) in [4.78, 5) is 31.0. The first-order chi connectivity index (χ1) is 17.3. The molecule has 4 heterocycles. The van der Waals surface area contributed by atoms with Crippen molar-refractivity contribution in [1.82, 2.24) is 19.9 Å². The van der Waals surface area contributed by atoms with Gasteiger partial charge in [-0.25, -0.2) is 15.0 Å². The standard InChI is InChI=1S/C24H19F3N6O3/c1-35-22-21(29-6-7-30-22)33(23(34)14-3-5-19(31-9-14)24(25,26)27)10-13-2-4-15-16-11-36-12-17(16)20(28)32-18(15)8-13/h2-9H,10-12H2,1H3,(H2,28,32). The zero-order chi connectivity index (χ0) is 25.4. The third kappa shape index (κ3) is 4.26. The van der Waals surface area contributed by atoms with Crippen LogP contribution in [0.15, 0.2) is 48.9 Å². The molecule has 1 aliphatic heterocycles. The first-order valence-corrected chi connectivity index (χ1v) is 10.7. The maximum atomic E-state index is 13.5. The van der Waals surface area contributed by atoms with E-state index in [0.29, 0.717) is 30.1 Å². The molecule has 1 aromatic carbocycles. The minimum atomic E-state index is -4.62. The first kappa shape index (κ1) is 23.4. The molecule has 0 atom stereocenters. The summed E-state index contributed by atoms with van der Waals surface area (Å²) in [7, 11) is 1.38. The number of fused-ring (bicyclic) bond motifs is 3. The summed E-state index contributed by atoms with van der Waals surface area (Å²) < 4.78 is 49.7. The van der Waals surface area contributed by atoms with Crippen molar-refractivity contribution in [3.8, 4) is 5.88 Å². The molecule has 0 unspecified atom stereocenters. The number of methoxy groups -OCH3 is 1. The SMILES string of the molecule is COc1nccnc1N(Cc1ccc2c3c(c(N)nc2c1)COC3)C(=O)c1ccc(C(F)(F)F)nc1.